The largest absolute Gasteiger partial charge is 0.416 e. The highest BCUT2D eigenvalue weighted by Crippen LogP contribution is 2.45. The van der Waals surface area contributed by atoms with Gasteiger partial charge < -0.3 is 0 Å². The normalized spacial score (nSPS) is 14.7. The molecule has 3 rings (SSSR count). The summed E-state index contributed by atoms with van der Waals surface area (Å²) in [6.07, 6.45) is -2.89. The Morgan fingerprint density at radius 1 is 1.38 bits per heavy atom. The van der Waals surface area contributed by atoms with E-state index in [1.165, 1.54) is 11.5 Å². The molecule has 0 unspecified atom stereocenters. The van der Waals surface area contributed by atoms with Crippen LogP contribution in [0.1, 0.15) is 50.8 Å². The van der Waals surface area contributed by atoms with Gasteiger partial charge in [-0.25, -0.2) is 0 Å². The first-order valence-corrected chi connectivity index (χ1v) is 7.84. The van der Waals surface area contributed by atoms with Crippen LogP contribution in [0.3, 0.4) is 0 Å². The molecule has 2 aromatic rings. The maximum absolute atomic E-state index is 12.8. The molecular weight excluding hydrogens is 345 g/mol. The summed E-state index contributed by atoms with van der Waals surface area (Å²) in [5, 5.41) is 11.2. The van der Waals surface area contributed by atoms with Gasteiger partial charge in [0.2, 0.25) is 5.78 Å². The zero-order chi connectivity index (χ0) is 17.6. The third kappa shape index (κ3) is 2.91. The number of rotatable bonds is 4. The SMILES string of the molecule is Cc1nsc(C2CC2)c1C(=O)c1ccc(C(F)(F)F)cc1[N+](=O)[O-]. The number of carbonyl (C=O) groups excluding carboxylic acids is 1. The van der Waals surface area contributed by atoms with Gasteiger partial charge in [0.1, 0.15) is 5.56 Å². The highest BCUT2D eigenvalue weighted by atomic mass is 32.1. The Labute approximate surface area is 138 Å². The van der Waals surface area contributed by atoms with Crippen molar-refractivity contribution in [3.05, 3.63) is 55.6 Å². The first-order valence-electron chi connectivity index (χ1n) is 7.06. The molecule has 1 heterocycles. The van der Waals surface area contributed by atoms with E-state index in [1.54, 1.807) is 6.92 Å². The third-order valence-electron chi connectivity index (χ3n) is 3.83. The number of alkyl halides is 3. The minimum atomic E-state index is -4.72. The molecule has 0 amide bonds. The van der Waals surface area contributed by atoms with Crippen LogP contribution in [0, 0.1) is 17.0 Å². The fourth-order valence-corrected chi connectivity index (χ4v) is 3.52. The van der Waals surface area contributed by atoms with E-state index >= 15 is 0 Å². The summed E-state index contributed by atoms with van der Waals surface area (Å²) in [6.45, 7) is 1.62. The van der Waals surface area contributed by atoms with Gasteiger partial charge in [0.15, 0.2) is 0 Å². The van der Waals surface area contributed by atoms with E-state index in [9.17, 15) is 28.1 Å². The van der Waals surface area contributed by atoms with Gasteiger partial charge >= 0.3 is 6.18 Å². The second-order valence-electron chi connectivity index (χ2n) is 5.60. The summed E-state index contributed by atoms with van der Waals surface area (Å²) < 4.78 is 42.4. The van der Waals surface area contributed by atoms with Crippen molar-refractivity contribution in [1.82, 2.24) is 4.37 Å². The first-order chi connectivity index (χ1) is 11.2. The summed E-state index contributed by atoms with van der Waals surface area (Å²) in [5.41, 5.74) is -1.62. The number of benzene rings is 1. The quantitative estimate of drug-likeness (QED) is 0.460. The van der Waals surface area contributed by atoms with Gasteiger partial charge in [-0.2, -0.15) is 17.5 Å². The molecule has 0 saturated heterocycles. The van der Waals surface area contributed by atoms with Crippen molar-refractivity contribution in [1.29, 1.82) is 0 Å². The van der Waals surface area contributed by atoms with E-state index in [4.69, 9.17) is 0 Å². The Kier molecular flexibility index (Phi) is 3.90. The number of nitrogens with zero attached hydrogens (tertiary/aromatic N) is 2. The fraction of sp³-hybridized carbons (Fsp3) is 0.333. The van der Waals surface area contributed by atoms with E-state index in [0.717, 1.165) is 23.8 Å². The molecule has 0 atom stereocenters. The number of hydrogen-bond acceptors (Lipinski definition) is 5. The monoisotopic (exact) mass is 356 g/mol. The molecule has 126 valence electrons. The standard InChI is InChI=1S/C15H11F3N2O3S/c1-7-12(14(24-19-7)8-2-3-8)13(21)10-5-4-9(15(16,17)18)6-11(10)20(22)23/h4-6,8H,2-3H2,1H3. The van der Waals surface area contributed by atoms with E-state index in [2.05, 4.69) is 4.37 Å². The maximum Gasteiger partial charge on any atom is 0.416 e. The van der Waals surface area contributed by atoms with E-state index in [0.29, 0.717) is 17.8 Å². The van der Waals surface area contributed by atoms with Gasteiger partial charge in [0.05, 0.1) is 21.7 Å². The van der Waals surface area contributed by atoms with Gasteiger partial charge in [0, 0.05) is 10.9 Å². The topological polar surface area (TPSA) is 73.1 Å². The number of nitro groups is 1. The minimum absolute atomic E-state index is 0.212. The van der Waals surface area contributed by atoms with Crippen LogP contribution in [-0.4, -0.2) is 15.1 Å². The van der Waals surface area contributed by atoms with Gasteiger partial charge in [0.25, 0.3) is 5.69 Å². The molecule has 5 nitrogen and oxygen atoms in total. The Morgan fingerprint density at radius 3 is 2.58 bits per heavy atom. The van der Waals surface area contributed by atoms with Crippen LogP contribution in [-0.2, 0) is 6.18 Å². The molecular formula is C15H11F3N2O3S. The van der Waals surface area contributed by atoms with Gasteiger partial charge in [-0.15, -0.1) is 0 Å². The van der Waals surface area contributed by atoms with Crippen molar-refractivity contribution in [2.45, 2.75) is 31.9 Å². The number of nitro benzene ring substituents is 1. The number of halogens is 3. The molecule has 1 aliphatic rings. The van der Waals surface area contributed by atoms with Crippen LogP contribution in [0.4, 0.5) is 18.9 Å². The molecule has 1 aromatic heterocycles. The van der Waals surface area contributed by atoms with Crippen LogP contribution in [0.2, 0.25) is 0 Å². The lowest BCUT2D eigenvalue weighted by Crippen LogP contribution is -2.11. The van der Waals surface area contributed by atoms with Gasteiger partial charge in [-0.3, -0.25) is 14.9 Å². The molecule has 0 bridgehead atoms. The van der Waals surface area contributed by atoms with Crippen molar-refractivity contribution in [3.8, 4) is 0 Å². The van der Waals surface area contributed by atoms with E-state index in [-0.39, 0.29) is 17.0 Å². The van der Waals surface area contributed by atoms with Crippen LogP contribution in [0.5, 0.6) is 0 Å². The van der Waals surface area contributed by atoms with Crippen molar-refractivity contribution < 1.29 is 22.9 Å². The maximum atomic E-state index is 12.8. The molecule has 0 spiro atoms. The van der Waals surface area contributed by atoms with E-state index in [1.807, 2.05) is 0 Å². The van der Waals surface area contributed by atoms with E-state index < -0.39 is 28.1 Å². The van der Waals surface area contributed by atoms with Crippen molar-refractivity contribution >= 4 is 23.0 Å². The molecule has 0 aliphatic heterocycles. The second-order valence-corrected chi connectivity index (χ2v) is 6.40. The number of aromatic nitrogens is 1. The Hall–Kier alpha value is -2.29. The van der Waals surface area contributed by atoms with Crippen molar-refractivity contribution in [2.24, 2.45) is 0 Å². The highest BCUT2D eigenvalue weighted by Gasteiger charge is 2.36. The predicted octanol–water partition coefficient (Wildman–Crippen LogP) is 4.49. The molecule has 24 heavy (non-hydrogen) atoms. The van der Waals surface area contributed by atoms with Crippen LogP contribution in [0.25, 0.3) is 0 Å². The molecule has 1 fully saturated rings. The van der Waals surface area contributed by atoms with Gasteiger partial charge in [-0.1, -0.05) is 0 Å². The predicted molar refractivity (Wildman–Crippen MR) is 80.4 cm³/mol. The smallest absolute Gasteiger partial charge is 0.288 e. The average Bonchev–Trinajstić information content (AvgIpc) is 3.28. The van der Waals surface area contributed by atoms with Crippen LogP contribution in [0.15, 0.2) is 18.2 Å². The molecule has 0 radical (unpaired) electrons. The summed E-state index contributed by atoms with van der Waals surface area (Å²) in [7, 11) is 0. The number of ketones is 1. The average molecular weight is 356 g/mol. The Morgan fingerprint density at radius 2 is 2.04 bits per heavy atom. The Balaban J connectivity index is 2.10. The minimum Gasteiger partial charge on any atom is -0.288 e. The Bertz CT molecular complexity index is 841. The summed E-state index contributed by atoms with van der Waals surface area (Å²) in [6, 6.07) is 1.96. The lowest BCUT2D eigenvalue weighted by Gasteiger charge is -2.09. The number of carbonyl (C=O) groups is 1. The molecule has 0 N–H and O–H groups in total. The number of hydrogen-bond donors (Lipinski definition) is 0. The molecule has 1 aromatic carbocycles. The molecule has 1 aliphatic carbocycles. The molecule has 1 saturated carbocycles. The van der Waals surface area contributed by atoms with Crippen molar-refractivity contribution in [3.63, 3.8) is 0 Å². The number of aryl methyl sites for hydroxylation is 1. The zero-order valence-electron chi connectivity index (χ0n) is 12.4. The fourth-order valence-electron chi connectivity index (χ4n) is 2.47. The van der Waals surface area contributed by atoms with Crippen molar-refractivity contribution in [2.75, 3.05) is 0 Å². The van der Waals surface area contributed by atoms with Gasteiger partial charge in [-0.05, 0) is 49.3 Å². The van der Waals surface area contributed by atoms with Crippen LogP contribution >= 0.6 is 11.5 Å². The third-order valence-corrected chi connectivity index (χ3v) is 4.93. The second kappa shape index (κ2) is 5.66. The summed E-state index contributed by atoms with van der Waals surface area (Å²) in [5.74, 6) is -0.438. The summed E-state index contributed by atoms with van der Waals surface area (Å²) >= 11 is 1.17. The summed E-state index contributed by atoms with van der Waals surface area (Å²) in [4.78, 5) is 23.7. The van der Waals surface area contributed by atoms with Crippen LogP contribution < -0.4 is 0 Å². The molecule has 9 heteroatoms. The highest BCUT2D eigenvalue weighted by molar-refractivity contribution is 7.06. The zero-order valence-corrected chi connectivity index (χ0v) is 13.2. The lowest BCUT2D eigenvalue weighted by molar-refractivity contribution is -0.385. The lowest BCUT2D eigenvalue weighted by atomic mass is 9.98. The first kappa shape index (κ1) is 16.6.